The van der Waals surface area contributed by atoms with Crippen molar-refractivity contribution in [2.75, 3.05) is 22.9 Å². The third kappa shape index (κ3) is 6.84. The highest BCUT2D eigenvalue weighted by Gasteiger charge is 2.36. The van der Waals surface area contributed by atoms with Gasteiger partial charge in [0.25, 0.3) is 5.91 Å². The monoisotopic (exact) mass is 647 g/mol. The number of piperidine rings is 1. The first-order valence-electron chi connectivity index (χ1n) is 16.0. The number of nitrogens with one attached hydrogen (secondary N) is 3. The zero-order valence-corrected chi connectivity index (χ0v) is 27.0. The normalized spacial score (nSPS) is 17.0. The quantitative estimate of drug-likeness (QED) is 0.305. The molecule has 1 aliphatic carbocycles. The number of anilines is 3. The van der Waals surface area contributed by atoms with E-state index in [2.05, 4.69) is 16.0 Å². The van der Waals surface area contributed by atoms with E-state index in [-0.39, 0.29) is 36.3 Å². The molecule has 2 fully saturated rings. The van der Waals surface area contributed by atoms with Crippen LogP contribution in [0.15, 0.2) is 36.4 Å². The Bertz CT molecular complexity index is 1690. The van der Waals surface area contributed by atoms with Crippen molar-refractivity contribution >= 4 is 35.5 Å². The fourth-order valence-corrected chi connectivity index (χ4v) is 5.96. The summed E-state index contributed by atoms with van der Waals surface area (Å²) >= 11 is 0. The van der Waals surface area contributed by atoms with E-state index in [1.54, 1.807) is 32.9 Å². The predicted octanol–water partition coefficient (Wildman–Crippen LogP) is 5.87. The second-order valence-corrected chi connectivity index (χ2v) is 13.3. The summed E-state index contributed by atoms with van der Waals surface area (Å²) in [5.74, 6) is -1.73. The molecule has 13 heteroatoms. The Morgan fingerprint density at radius 1 is 0.979 bits per heavy atom. The predicted molar refractivity (Wildman–Crippen MR) is 173 cm³/mol. The number of aromatic nitrogens is 2. The van der Waals surface area contributed by atoms with Crippen LogP contribution in [0.2, 0.25) is 0 Å². The minimum absolute atomic E-state index is 0.0101. The second kappa shape index (κ2) is 12.8. The van der Waals surface area contributed by atoms with Gasteiger partial charge in [-0.05, 0) is 89.6 Å². The number of carbonyl (C=O) groups excluding carboxylic acids is 3. The van der Waals surface area contributed by atoms with Gasteiger partial charge >= 0.3 is 12.1 Å². The third-order valence-electron chi connectivity index (χ3n) is 8.66. The summed E-state index contributed by atoms with van der Waals surface area (Å²) in [6.07, 6.45) is 3.61. The van der Waals surface area contributed by atoms with Crippen LogP contribution in [0.1, 0.15) is 74.4 Å². The van der Waals surface area contributed by atoms with Gasteiger partial charge in [-0.25, -0.2) is 28.3 Å². The van der Waals surface area contributed by atoms with Crippen molar-refractivity contribution in [2.45, 2.75) is 84.0 Å². The molecule has 4 amide bonds. The van der Waals surface area contributed by atoms with E-state index in [1.165, 1.54) is 6.07 Å². The molecule has 0 bridgehead atoms. The number of halogens is 2. The Labute approximate surface area is 272 Å². The van der Waals surface area contributed by atoms with Crippen LogP contribution in [0.3, 0.4) is 0 Å². The Kier molecular flexibility index (Phi) is 8.73. The van der Waals surface area contributed by atoms with Crippen molar-refractivity contribution < 1.29 is 27.9 Å². The number of alkyl carbamates (subject to hydrolysis) is 1. The number of amides is 4. The standard InChI is InChI=1S/C34H39F2N7O4/c1-19-11-12-20(30(44)38-21-7-5-8-21)17-23(19)27-24-18-37-32(45)43(28-25(35)9-6-10-26(28)36)29(24)41-31(40-27)42-15-13-22(14-16-42)39-33(46)47-34(2,3)4/h6,9-12,17,21-22H,5,7-8,13-16,18H2,1-4H3,(H,37,45)(H,38,44)(H,39,46). The van der Waals surface area contributed by atoms with Crippen molar-refractivity contribution in [1.82, 2.24) is 25.9 Å². The first-order chi connectivity index (χ1) is 22.4. The van der Waals surface area contributed by atoms with E-state index >= 15 is 8.78 Å². The lowest BCUT2D eigenvalue weighted by molar-refractivity contribution is 0.0497. The highest BCUT2D eigenvalue weighted by molar-refractivity contribution is 6.02. The summed E-state index contributed by atoms with van der Waals surface area (Å²) < 4.78 is 35.8. The number of nitrogens with zero attached hydrogens (tertiary/aromatic N) is 4. The molecule has 1 saturated carbocycles. The van der Waals surface area contributed by atoms with Crippen LogP contribution in [0, 0.1) is 18.6 Å². The number of hydrogen-bond acceptors (Lipinski definition) is 7. The molecule has 1 aromatic heterocycles. The maximum Gasteiger partial charge on any atom is 0.407 e. The van der Waals surface area contributed by atoms with Gasteiger partial charge in [0.2, 0.25) is 5.95 Å². The first kappa shape index (κ1) is 32.1. The van der Waals surface area contributed by atoms with E-state index in [1.807, 2.05) is 17.9 Å². The average Bonchev–Trinajstić information content (AvgIpc) is 2.99. The third-order valence-corrected chi connectivity index (χ3v) is 8.66. The molecule has 248 valence electrons. The van der Waals surface area contributed by atoms with Crippen molar-refractivity contribution in [3.63, 3.8) is 0 Å². The van der Waals surface area contributed by atoms with Crippen molar-refractivity contribution in [3.05, 3.63) is 64.7 Å². The van der Waals surface area contributed by atoms with Crippen LogP contribution >= 0.6 is 0 Å². The minimum Gasteiger partial charge on any atom is -0.444 e. The summed E-state index contributed by atoms with van der Waals surface area (Å²) in [4.78, 5) is 51.4. The highest BCUT2D eigenvalue weighted by atomic mass is 19.1. The largest absolute Gasteiger partial charge is 0.444 e. The van der Waals surface area contributed by atoms with Gasteiger partial charge in [0.05, 0.1) is 12.2 Å². The van der Waals surface area contributed by atoms with Gasteiger partial charge in [-0.15, -0.1) is 0 Å². The molecule has 47 heavy (non-hydrogen) atoms. The molecule has 3 heterocycles. The zero-order valence-electron chi connectivity index (χ0n) is 27.0. The molecule has 3 N–H and O–H groups in total. The van der Waals surface area contributed by atoms with E-state index in [0.717, 1.165) is 41.9 Å². The topological polar surface area (TPSA) is 129 Å². The number of para-hydroxylation sites is 1. The number of aryl methyl sites for hydroxylation is 1. The lowest BCUT2D eigenvalue weighted by atomic mass is 9.92. The molecular formula is C34H39F2N7O4. The number of ether oxygens (including phenoxy) is 1. The fourth-order valence-electron chi connectivity index (χ4n) is 5.96. The van der Waals surface area contributed by atoms with Crippen LogP contribution < -0.4 is 25.8 Å². The van der Waals surface area contributed by atoms with Gasteiger partial charge < -0.3 is 25.6 Å². The Balaban J connectivity index is 1.40. The number of fused-ring (bicyclic) bond motifs is 1. The average molecular weight is 648 g/mol. The molecule has 0 spiro atoms. The maximum absolute atomic E-state index is 15.2. The number of benzene rings is 2. The van der Waals surface area contributed by atoms with Crippen LogP contribution in [0.5, 0.6) is 0 Å². The van der Waals surface area contributed by atoms with Crippen molar-refractivity contribution in [2.24, 2.45) is 0 Å². The molecule has 11 nitrogen and oxygen atoms in total. The summed E-state index contributed by atoms with van der Waals surface area (Å²) in [5.41, 5.74) is 1.63. The number of rotatable bonds is 6. The molecular weight excluding hydrogens is 608 g/mol. The van der Waals surface area contributed by atoms with E-state index in [4.69, 9.17) is 14.7 Å². The summed E-state index contributed by atoms with van der Waals surface area (Å²) in [7, 11) is 0. The number of urea groups is 1. The minimum atomic E-state index is -0.922. The van der Waals surface area contributed by atoms with Crippen molar-refractivity contribution in [3.8, 4) is 11.3 Å². The number of carbonyl (C=O) groups is 3. The summed E-state index contributed by atoms with van der Waals surface area (Å²) in [5, 5.41) is 8.70. The Morgan fingerprint density at radius 2 is 1.66 bits per heavy atom. The lowest BCUT2D eigenvalue weighted by Crippen LogP contribution is -2.47. The molecule has 2 aliphatic heterocycles. The zero-order chi connectivity index (χ0) is 33.5. The van der Waals surface area contributed by atoms with Gasteiger partial charge in [-0.1, -0.05) is 12.1 Å². The van der Waals surface area contributed by atoms with E-state index in [0.29, 0.717) is 48.3 Å². The van der Waals surface area contributed by atoms with E-state index in [9.17, 15) is 14.4 Å². The van der Waals surface area contributed by atoms with Crippen LogP contribution in [0.4, 0.5) is 35.8 Å². The van der Waals surface area contributed by atoms with Crippen LogP contribution in [0.25, 0.3) is 11.3 Å². The molecule has 1 saturated heterocycles. The molecule has 3 aliphatic rings. The fraction of sp³-hybridized carbons (Fsp3) is 0.441. The maximum atomic E-state index is 15.2. The van der Waals surface area contributed by atoms with Gasteiger partial charge in [-0.2, -0.15) is 4.98 Å². The summed E-state index contributed by atoms with van der Waals surface area (Å²) in [6.45, 7) is 8.22. The van der Waals surface area contributed by atoms with Crippen molar-refractivity contribution in [1.29, 1.82) is 0 Å². The van der Waals surface area contributed by atoms with Crippen LogP contribution in [-0.2, 0) is 11.3 Å². The molecule has 0 radical (unpaired) electrons. The van der Waals surface area contributed by atoms with Gasteiger partial charge in [0.15, 0.2) is 5.82 Å². The number of hydrogen-bond donors (Lipinski definition) is 3. The summed E-state index contributed by atoms with van der Waals surface area (Å²) in [6, 6.07) is 8.03. The van der Waals surface area contributed by atoms with Crippen LogP contribution in [-0.4, -0.2) is 58.8 Å². The Hall–Kier alpha value is -4.81. The SMILES string of the molecule is Cc1ccc(C(=O)NC2CCC2)cc1-c1nc(N2CCC(NC(=O)OC(C)(C)C)CC2)nc2c1CNC(=O)N2c1c(F)cccc1F. The molecule has 3 aromatic rings. The molecule has 0 unspecified atom stereocenters. The molecule has 6 rings (SSSR count). The molecule has 0 atom stereocenters. The molecule has 2 aromatic carbocycles. The second-order valence-electron chi connectivity index (χ2n) is 13.3. The smallest absolute Gasteiger partial charge is 0.407 e. The van der Waals surface area contributed by atoms with Gasteiger partial charge in [0, 0.05) is 41.9 Å². The van der Waals surface area contributed by atoms with Gasteiger partial charge in [-0.3, -0.25) is 4.79 Å². The lowest BCUT2D eigenvalue weighted by Gasteiger charge is -2.35. The Morgan fingerprint density at radius 3 is 2.30 bits per heavy atom. The first-order valence-corrected chi connectivity index (χ1v) is 16.0. The van der Waals surface area contributed by atoms with E-state index < -0.39 is 35.0 Å². The highest BCUT2D eigenvalue weighted by Crippen LogP contribution is 2.40. The van der Waals surface area contributed by atoms with Gasteiger partial charge in [0.1, 0.15) is 22.9 Å².